The molecule has 1 aromatic rings. The molecule has 2 nitrogen and oxygen atoms in total. The lowest BCUT2D eigenvalue weighted by molar-refractivity contribution is -0.428. The number of hydrogen-bond donors (Lipinski definition) is 0. The van der Waals surface area contributed by atoms with E-state index < -0.39 is 40.0 Å². The Morgan fingerprint density at radius 1 is 0.889 bits per heavy atom. The molecular formula is C14H9Cl2F9O2. The summed E-state index contributed by atoms with van der Waals surface area (Å²) in [7, 11) is 0. The van der Waals surface area contributed by atoms with Crippen molar-refractivity contribution in [3.8, 4) is 0 Å². The molecule has 0 heterocycles. The maximum absolute atomic E-state index is 13.8. The van der Waals surface area contributed by atoms with Gasteiger partial charge in [0.25, 0.3) is 0 Å². The third kappa shape index (κ3) is 4.29. The number of rotatable bonds is 7. The number of ketones is 1. The summed E-state index contributed by atoms with van der Waals surface area (Å²) < 4.78 is 122. The second kappa shape index (κ2) is 7.00. The van der Waals surface area contributed by atoms with Crippen molar-refractivity contribution in [2.45, 2.75) is 42.5 Å². The number of aryl methyl sites for hydroxylation is 2. The molecule has 0 aliphatic rings. The normalized spacial score (nSPS) is 16.2. The first kappa shape index (κ1) is 23.8. The van der Waals surface area contributed by atoms with Crippen molar-refractivity contribution in [2.75, 3.05) is 0 Å². The van der Waals surface area contributed by atoms with E-state index >= 15 is 0 Å². The maximum atomic E-state index is 13.8. The number of alkyl halides is 11. The van der Waals surface area contributed by atoms with E-state index in [1.165, 1.54) is 13.8 Å². The van der Waals surface area contributed by atoms with Crippen LogP contribution in [-0.2, 0) is 4.74 Å². The van der Waals surface area contributed by atoms with Crippen LogP contribution >= 0.6 is 23.2 Å². The molecule has 0 N–H and O–H groups in total. The minimum atomic E-state index is -6.77. The van der Waals surface area contributed by atoms with Crippen LogP contribution in [0.4, 0.5) is 39.5 Å². The predicted octanol–water partition coefficient (Wildman–Crippen LogP) is 6.06. The van der Waals surface area contributed by atoms with Crippen LogP contribution in [0.1, 0.15) is 21.5 Å². The molecule has 0 amide bonds. The fourth-order valence-corrected chi connectivity index (χ4v) is 1.81. The summed E-state index contributed by atoms with van der Waals surface area (Å²) in [4.78, 5) is 11.7. The van der Waals surface area contributed by atoms with E-state index in [1.807, 2.05) is 0 Å². The lowest BCUT2D eigenvalue weighted by Crippen LogP contribution is -2.61. The summed E-state index contributed by atoms with van der Waals surface area (Å²) in [6.07, 6.45) is -6.65. The van der Waals surface area contributed by atoms with Crippen LogP contribution in [0.15, 0.2) is 18.2 Å². The van der Waals surface area contributed by atoms with Crippen molar-refractivity contribution >= 4 is 29.0 Å². The molecule has 1 rings (SSSR count). The summed E-state index contributed by atoms with van der Waals surface area (Å²) in [5, 5.41) is -11.0. The van der Waals surface area contributed by atoms with Crippen LogP contribution in [-0.4, -0.2) is 34.4 Å². The minimum Gasteiger partial charge on any atom is -0.287 e. The number of hydrogen-bond acceptors (Lipinski definition) is 2. The van der Waals surface area contributed by atoms with E-state index in [0.717, 1.165) is 6.07 Å². The Labute approximate surface area is 156 Å². The standard InChI is InChI=1S/C14H9Cl2F9O2/c1-6-3-4-8(5-7(6)2)9(26)10(17,18)11(19,20)14(24,25)27-13(16,23)12(15,21)22/h3-5H,1-2H3. The number of ether oxygens (including phenoxy) is 1. The van der Waals surface area contributed by atoms with E-state index in [0.29, 0.717) is 17.7 Å². The van der Waals surface area contributed by atoms with Gasteiger partial charge in [0.1, 0.15) is 0 Å². The van der Waals surface area contributed by atoms with Gasteiger partial charge in [0, 0.05) is 5.56 Å². The Morgan fingerprint density at radius 3 is 1.78 bits per heavy atom. The SMILES string of the molecule is Cc1ccc(C(=O)C(F)(F)C(F)(F)C(F)(F)OC(F)(Cl)C(F)(F)Cl)cc1C. The molecule has 0 radical (unpaired) electrons. The van der Waals surface area contributed by atoms with E-state index in [-0.39, 0.29) is 5.56 Å². The highest BCUT2D eigenvalue weighted by atomic mass is 35.5. The van der Waals surface area contributed by atoms with Gasteiger partial charge in [-0.3, -0.25) is 9.53 Å². The molecule has 0 bridgehead atoms. The number of carbonyl (C=O) groups excluding carboxylic acids is 1. The molecule has 0 aromatic heterocycles. The first-order chi connectivity index (χ1) is 11.8. The fourth-order valence-electron chi connectivity index (χ4n) is 1.67. The first-order valence-electron chi connectivity index (χ1n) is 6.68. The van der Waals surface area contributed by atoms with Crippen LogP contribution in [0, 0.1) is 13.8 Å². The Balaban J connectivity index is 3.32. The molecule has 0 aliphatic carbocycles. The Kier molecular flexibility index (Phi) is 6.18. The van der Waals surface area contributed by atoms with Gasteiger partial charge in [-0.1, -0.05) is 12.1 Å². The van der Waals surface area contributed by atoms with Crippen LogP contribution in [0.2, 0.25) is 0 Å². The van der Waals surface area contributed by atoms with Crippen LogP contribution in [0.25, 0.3) is 0 Å². The van der Waals surface area contributed by atoms with E-state index in [2.05, 4.69) is 27.9 Å². The van der Waals surface area contributed by atoms with E-state index in [4.69, 9.17) is 0 Å². The summed E-state index contributed by atoms with van der Waals surface area (Å²) in [6, 6.07) is 2.45. The molecule has 0 spiro atoms. The van der Waals surface area contributed by atoms with Gasteiger partial charge in [-0.2, -0.15) is 39.5 Å². The van der Waals surface area contributed by atoms with Crippen molar-refractivity contribution in [1.82, 2.24) is 0 Å². The molecule has 0 saturated carbocycles. The molecule has 0 saturated heterocycles. The van der Waals surface area contributed by atoms with Crippen molar-refractivity contribution < 1.29 is 49.0 Å². The number of carbonyl (C=O) groups is 1. The van der Waals surface area contributed by atoms with Crippen LogP contribution < -0.4 is 0 Å². The largest absolute Gasteiger partial charge is 0.429 e. The lowest BCUT2D eigenvalue weighted by Gasteiger charge is -2.34. The topological polar surface area (TPSA) is 26.3 Å². The molecule has 1 atom stereocenters. The second-order valence-corrected chi connectivity index (χ2v) is 6.37. The van der Waals surface area contributed by atoms with Crippen molar-refractivity contribution in [2.24, 2.45) is 0 Å². The molecule has 13 heteroatoms. The van der Waals surface area contributed by atoms with Gasteiger partial charge in [0.2, 0.25) is 5.78 Å². The monoisotopic (exact) mass is 450 g/mol. The highest BCUT2D eigenvalue weighted by molar-refractivity contribution is 6.31. The summed E-state index contributed by atoms with van der Waals surface area (Å²) in [5.41, 5.74) is -0.434. The third-order valence-corrected chi connectivity index (χ3v) is 4.05. The minimum absolute atomic E-state index is 0.188. The van der Waals surface area contributed by atoms with Gasteiger partial charge in [0.05, 0.1) is 0 Å². The van der Waals surface area contributed by atoms with Crippen molar-refractivity contribution in [3.63, 3.8) is 0 Å². The van der Waals surface area contributed by atoms with Crippen molar-refractivity contribution in [1.29, 1.82) is 0 Å². The van der Waals surface area contributed by atoms with Crippen molar-refractivity contribution in [3.05, 3.63) is 34.9 Å². The molecule has 0 aliphatic heterocycles. The second-order valence-electron chi connectivity index (χ2n) is 5.41. The van der Waals surface area contributed by atoms with E-state index in [1.54, 1.807) is 0 Å². The molecule has 27 heavy (non-hydrogen) atoms. The lowest BCUT2D eigenvalue weighted by atomic mass is 9.96. The third-order valence-electron chi connectivity index (χ3n) is 3.40. The highest BCUT2D eigenvalue weighted by Crippen LogP contribution is 2.52. The van der Waals surface area contributed by atoms with Crippen LogP contribution in [0.5, 0.6) is 0 Å². The Bertz CT molecular complexity index is 730. The number of halogens is 11. The maximum Gasteiger partial charge on any atom is 0.429 e. The number of Topliss-reactive ketones (excluding diaryl/α,β-unsaturated/α-hetero) is 1. The average Bonchev–Trinajstić information content (AvgIpc) is 2.46. The Morgan fingerprint density at radius 2 is 1.37 bits per heavy atom. The van der Waals surface area contributed by atoms with Gasteiger partial charge in [-0.25, -0.2) is 0 Å². The van der Waals surface area contributed by atoms with Crippen LogP contribution in [0.3, 0.4) is 0 Å². The number of benzene rings is 1. The molecule has 1 aromatic carbocycles. The molecular weight excluding hydrogens is 442 g/mol. The molecule has 154 valence electrons. The fraction of sp³-hybridized carbons (Fsp3) is 0.500. The average molecular weight is 451 g/mol. The quantitative estimate of drug-likeness (QED) is 0.286. The molecule has 1 unspecified atom stereocenters. The van der Waals surface area contributed by atoms with Gasteiger partial charge in [-0.15, -0.1) is 0 Å². The van der Waals surface area contributed by atoms with Gasteiger partial charge in [0.15, 0.2) is 0 Å². The first-order valence-corrected chi connectivity index (χ1v) is 7.44. The summed E-state index contributed by atoms with van der Waals surface area (Å²) in [6.45, 7) is 2.79. The zero-order valence-electron chi connectivity index (χ0n) is 13.2. The Hall–Kier alpha value is -1.20. The highest BCUT2D eigenvalue weighted by Gasteiger charge is 2.78. The van der Waals surface area contributed by atoms with Gasteiger partial charge >= 0.3 is 28.6 Å². The summed E-state index contributed by atoms with van der Waals surface area (Å²) >= 11 is 8.16. The zero-order chi connectivity index (χ0) is 21.6. The van der Waals surface area contributed by atoms with E-state index in [9.17, 15) is 44.3 Å². The zero-order valence-corrected chi connectivity index (χ0v) is 14.7. The molecule has 0 fully saturated rings. The predicted molar refractivity (Wildman–Crippen MR) is 76.7 cm³/mol. The smallest absolute Gasteiger partial charge is 0.287 e. The summed E-state index contributed by atoms with van der Waals surface area (Å²) in [5.74, 6) is -15.7. The van der Waals surface area contributed by atoms with Gasteiger partial charge in [-0.05, 0) is 54.2 Å². The van der Waals surface area contributed by atoms with Gasteiger partial charge < -0.3 is 0 Å².